The Bertz CT molecular complexity index is 860. The third-order valence-electron chi connectivity index (χ3n) is 12.6. The number of hydrogen-bond donors (Lipinski definition) is 1. The monoisotopic (exact) mass is 524 g/mol. The maximum Gasteiger partial charge on any atom is 0.0622 e. The van der Waals surface area contributed by atoms with Crippen molar-refractivity contribution in [2.24, 2.45) is 45.8 Å². The van der Waals surface area contributed by atoms with Gasteiger partial charge in [0.15, 0.2) is 0 Å². The second-order valence-electron chi connectivity index (χ2n) is 15.9. The average Bonchev–Trinajstić information content (AvgIpc) is 3.21. The molecule has 0 radical (unpaired) electrons. The smallest absolute Gasteiger partial charge is 0.0622 e. The van der Waals surface area contributed by atoms with Crippen LogP contribution >= 0.6 is 0 Å². The van der Waals surface area contributed by atoms with E-state index in [-0.39, 0.29) is 16.9 Å². The number of aliphatic hydroxyl groups excluding tert-OH is 1. The van der Waals surface area contributed by atoms with Crippen molar-refractivity contribution in [3.63, 3.8) is 0 Å². The van der Waals surface area contributed by atoms with Crippen molar-refractivity contribution in [1.29, 1.82) is 0 Å². The van der Waals surface area contributed by atoms with Gasteiger partial charge in [-0.2, -0.15) is 0 Å². The summed E-state index contributed by atoms with van der Waals surface area (Å²) in [4.78, 5) is 0. The van der Waals surface area contributed by atoms with Crippen LogP contribution in [0.4, 0.5) is 0 Å². The number of allylic oxidation sites excluding steroid dienone is 4. The van der Waals surface area contributed by atoms with Gasteiger partial charge in [0, 0.05) is 0 Å². The number of fused-ring (bicyclic) bond motifs is 4. The normalized spacial score (nSPS) is 37.1. The third-order valence-corrected chi connectivity index (χ3v) is 12.6. The van der Waals surface area contributed by atoms with Gasteiger partial charge in [-0.25, -0.2) is 0 Å². The maximum atomic E-state index is 11.7. The largest absolute Gasteiger partial charge is 0.392 e. The van der Waals surface area contributed by atoms with Gasteiger partial charge in [-0.3, -0.25) is 0 Å². The summed E-state index contributed by atoms with van der Waals surface area (Å²) in [6.45, 7) is 19.7. The predicted octanol–water partition coefficient (Wildman–Crippen LogP) is 11.1. The van der Waals surface area contributed by atoms with Gasteiger partial charge in [0.25, 0.3) is 0 Å². The molecule has 4 rings (SSSR count). The first-order valence-corrected chi connectivity index (χ1v) is 17.1. The molecule has 1 saturated carbocycles. The van der Waals surface area contributed by atoms with Crippen LogP contribution in [0.3, 0.4) is 0 Å². The second kappa shape index (κ2) is 12.1. The molecular formula is C37H64O. The quantitative estimate of drug-likeness (QED) is 0.252. The minimum Gasteiger partial charge on any atom is -0.392 e. The molecule has 1 heteroatoms. The Balaban J connectivity index is 1.51. The molecule has 0 bridgehead atoms. The molecule has 0 saturated heterocycles. The molecule has 0 aromatic rings. The second-order valence-corrected chi connectivity index (χ2v) is 15.9. The zero-order valence-electron chi connectivity index (χ0n) is 26.8. The van der Waals surface area contributed by atoms with E-state index in [9.17, 15) is 5.11 Å². The van der Waals surface area contributed by atoms with Crippen molar-refractivity contribution in [1.82, 2.24) is 0 Å². The van der Waals surface area contributed by atoms with Crippen molar-refractivity contribution in [3.05, 3.63) is 22.8 Å². The van der Waals surface area contributed by atoms with E-state index < -0.39 is 0 Å². The first-order valence-electron chi connectivity index (χ1n) is 17.1. The van der Waals surface area contributed by atoms with Crippen LogP contribution in [0.15, 0.2) is 22.8 Å². The minimum atomic E-state index is -0.144. The summed E-state index contributed by atoms with van der Waals surface area (Å²) in [5.74, 6) is 3.56. The van der Waals surface area contributed by atoms with E-state index in [2.05, 4.69) is 61.5 Å². The Morgan fingerprint density at radius 3 is 2.32 bits per heavy atom. The van der Waals surface area contributed by atoms with E-state index in [1.165, 1.54) is 103 Å². The highest BCUT2D eigenvalue weighted by Gasteiger charge is 2.59. The molecule has 38 heavy (non-hydrogen) atoms. The lowest BCUT2D eigenvalue weighted by atomic mass is 9.44. The first kappa shape index (κ1) is 30.4. The molecule has 4 aliphatic rings. The van der Waals surface area contributed by atoms with E-state index in [0.29, 0.717) is 17.3 Å². The highest BCUT2D eigenvalue weighted by molar-refractivity contribution is 5.50. The highest BCUT2D eigenvalue weighted by Crippen LogP contribution is 2.67. The lowest BCUT2D eigenvalue weighted by molar-refractivity contribution is -0.128. The van der Waals surface area contributed by atoms with Crippen LogP contribution < -0.4 is 0 Å². The van der Waals surface area contributed by atoms with Gasteiger partial charge in [0.2, 0.25) is 0 Å². The van der Waals surface area contributed by atoms with Crippen LogP contribution in [0.5, 0.6) is 0 Å². The van der Waals surface area contributed by atoms with Crippen LogP contribution in [0.1, 0.15) is 158 Å². The predicted molar refractivity (Wildman–Crippen MR) is 165 cm³/mol. The highest BCUT2D eigenvalue weighted by atomic mass is 16.3. The van der Waals surface area contributed by atoms with Gasteiger partial charge in [-0.1, -0.05) is 125 Å². The topological polar surface area (TPSA) is 20.2 Å². The molecule has 0 amide bonds. The van der Waals surface area contributed by atoms with Gasteiger partial charge >= 0.3 is 0 Å². The minimum absolute atomic E-state index is 0.0106. The fraction of sp³-hybridized carbons (Fsp3) is 0.892. The summed E-state index contributed by atoms with van der Waals surface area (Å²) in [5, 5.41) is 11.7. The fourth-order valence-corrected chi connectivity index (χ4v) is 10.4. The molecule has 218 valence electrons. The van der Waals surface area contributed by atoms with E-state index in [1.54, 1.807) is 11.1 Å². The van der Waals surface area contributed by atoms with Crippen molar-refractivity contribution in [3.8, 4) is 0 Å². The number of unbranched alkanes of at least 4 members (excludes halogenated alkanes) is 5. The molecule has 1 fully saturated rings. The third kappa shape index (κ3) is 5.63. The zero-order valence-corrected chi connectivity index (χ0v) is 26.8. The first-order chi connectivity index (χ1) is 18.0. The van der Waals surface area contributed by atoms with Crippen molar-refractivity contribution < 1.29 is 5.11 Å². The molecule has 7 atom stereocenters. The average molecular weight is 525 g/mol. The zero-order chi connectivity index (χ0) is 27.7. The molecule has 0 spiro atoms. The van der Waals surface area contributed by atoms with Crippen LogP contribution in [0.2, 0.25) is 0 Å². The van der Waals surface area contributed by atoms with Crippen LogP contribution in [-0.4, -0.2) is 11.2 Å². The summed E-state index contributed by atoms with van der Waals surface area (Å²) in [6, 6.07) is 0. The van der Waals surface area contributed by atoms with Crippen molar-refractivity contribution >= 4 is 0 Å². The molecule has 4 aliphatic carbocycles. The Labute approximate surface area is 237 Å². The van der Waals surface area contributed by atoms with E-state index in [0.717, 1.165) is 17.8 Å². The van der Waals surface area contributed by atoms with Crippen LogP contribution in [-0.2, 0) is 0 Å². The summed E-state index contributed by atoms with van der Waals surface area (Å²) >= 11 is 0. The molecule has 0 aliphatic heterocycles. The summed E-state index contributed by atoms with van der Waals surface area (Å²) < 4.78 is 0. The van der Waals surface area contributed by atoms with Gasteiger partial charge in [0.05, 0.1) is 6.10 Å². The summed E-state index contributed by atoms with van der Waals surface area (Å²) in [6.07, 6.45) is 23.8. The SMILES string of the molecule is CCCCCCCC[C@@H]1C[C@]2(C)C3=C(CC[C@H]2C(C)(C)[C@H]1O)C1=CC[C@H]([C@H](C)CCCC(C)C)[C@@]1(C)CC3. The lowest BCUT2D eigenvalue weighted by Gasteiger charge is -2.61. The number of rotatable bonds is 12. The van der Waals surface area contributed by atoms with E-state index in [4.69, 9.17) is 0 Å². The molecule has 0 aromatic heterocycles. The Kier molecular flexibility index (Phi) is 9.70. The Morgan fingerprint density at radius 2 is 1.61 bits per heavy atom. The summed E-state index contributed by atoms with van der Waals surface area (Å²) in [5.41, 5.74) is 6.07. The van der Waals surface area contributed by atoms with Crippen molar-refractivity contribution in [2.75, 3.05) is 0 Å². The van der Waals surface area contributed by atoms with Gasteiger partial charge in [-0.15, -0.1) is 0 Å². The van der Waals surface area contributed by atoms with Crippen LogP contribution in [0.25, 0.3) is 0 Å². The Hall–Kier alpha value is -0.560. The molecule has 1 nitrogen and oxygen atoms in total. The van der Waals surface area contributed by atoms with Gasteiger partial charge < -0.3 is 5.11 Å². The van der Waals surface area contributed by atoms with E-state index >= 15 is 0 Å². The number of aliphatic hydroxyl groups is 1. The summed E-state index contributed by atoms with van der Waals surface area (Å²) in [7, 11) is 0. The molecule has 0 aromatic carbocycles. The molecule has 1 N–H and O–H groups in total. The van der Waals surface area contributed by atoms with Gasteiger partial charge in [0.1, 0.15) is 0 Å². The molecule has 0 heterocycles. The van der Waals surface area contributed by atoms with Crippen molar-refractivity contribution in [2.45, 2.75) is 164 Å². The Morgan fingerprint density at radius 1 is 0.895 bits per heavy atom. The van der Waals surface area contributed by atoms with Crippen LogP contribution in [0, 0.1) is 45.8 Å². The van der Waals surface area contributed by atoms with Gasteiger partial charge in [-0.05, 0) is 102 Å². The maximum absolute atomic E-state index is 11.7. The lowest BCUT2D eigenvalue weighted by Crippen LogP contribution is -2.56. The van der Waals surface area contributed by atoms with E-state index in [1.807, 2.05) is 5.57 Å². The standard InChI is InChI=1S/C37H64O/c1-9-10-11-12-13-14-18-28-25-37(8)32-23-24-36(7)30(27(4)17-15-16-26(2)3)20-21-31(36)29(32)19-22-33(37)35(5,6)34(28)38/h21,26-28,30,33-34,38H,9-20,22-25H2,1-8H3/t27-,28-,30-,33+,34+,36-,37-/m1/s1. The fourth-order valence-electron chi connectivity index (χ4n) is 10.4. The molecule has 0 unspecified atom stereocenters. The number of hydrogen-bond acceptors (Lipinski definition) is 1. The molecular weight excluding hydrogens is 460 g/mol.